The maximum atomic E-state index is 12.6. The number of carbonyl (C=O) groups excluding carboxylic acids is 1. The van der Waals surface area contributed by atoms with Crippen molar-refractivity contribution in [3.63, 3.8) is 0 Å². The molecule has 2 aromatic carbocycles. The molecular weight excluding hydrogens is 380 g/mol. The molecule has 0 aliphatic rings. The first-order valence-corrected chi connectivity index (χ1v) is 10.3. The minimum absolute atomic E-state index is 0.0429. The lowest BCUT2D eigenvalue weighted by atomic mass is 9.97. The molecular formula is C20H24N2O5S. The van der Waals surface area contributed by atoms with E-state index in [4.69, 9.17) is 0 Å². The lowest BCUT2D eigenvalue weighted by Gasteiger charge is -2.18. The zero-order valence-corrected chi connectivity index (χ0v) is 16.8. The molecule has 0 bridgehead atoms. The van der Waals surface area contributed by atoms with Crippen molar-refractivity contribution in [3.05, 3.63) is 65.2 Å². The van der Waals surface area contributed by atoms with Gasteiger partial charge < -0.3 is 10.4 Å². The molecule has 2 aromatic rings. The lowest BCUT2D eigenvalue weighted by molar-refractivity contribution is -0.137. The van der Waals surface area contributed by atoms with Crippen LogP contribution in [-0.2, 0) is 14.8 Å². The van der Waals surface area contributed by atoms with E-state index in [0.29, 0.717) is 11.5 Å². The van der Waals surface area contributed by atoms with Gasteiger partial charge in [0.15, 0.2) is 0 Å². The van der Waals surface area contributed by atoms with Crippen LogP contribution in [0.4, 0.5) is 0 Å². The number of hydrogen-bond donors (Lipinski definition) is 3. The van der Waals surface area contributed by atoms with Gasteiger partial charge in [-0.1, -0.05) is 44.2 Å². The van der Waals surface area contributed by atoms with Gasteiger partial charge >= 0.3 is 5.97 Å². The molecule has 3 N–H and O–H groups in total. The molecule has 1 amide bonds. The van der Waals surface area contributed by atoms with Gasteiger partial charge in [-0.2, -0.15) is 0 Å². The molecule has 0 radical (unpaired) electrons. The number of carboxylic acid groups (broad SMARTS) is 1. The summed E-state index contributed by atoms with van der Waals surface area (Å²) in [7, 11) is -2.41. The van der Waals surface area contributed by atoms with Gasteiger partial charge in [0.05, 0.1) is 17.4 Å². The first kappa shape index (κ1) is 21.6. The van der Waals surface area contributed by atoms with Crippen LogP contribution in [0.2, 0.25) is 0 Å². The topological polar surface area (TPSA) is 113 Å². The summed E-state index contributed by atoms with van der Waals surface area (Å²) in [6, 6.07) is 12.2. The predicted octanol–water partition coefficient (Wildman–Crippen LogP) is 2.66. The van der Waals surface area contributed by atoms with Crippen molar-refractivity contribution in [1.82, 2.24) is 10.0 Å². The summed E-state index contributed by atoms with van der Waals surface area (Å²) < 4.78 is 26.1. The summed E-state index contributed by atoms with van der Waals surface area (Å²) in [6.07, 6.45) is -0.290. The molecule has 2 rings (SSSR count). The Morgan fingerprint density at radius 2 is 1.64 bits per heavy atom. The monoisotopic (exact) mass is 404 g/mol. The third-order valence-corrected chi connectivity index (χ3v) is 5.78. The van der Waals surface area contributed by atoms with Crippen LogP contribution in [-0.4, -0.2) is 32.4 Å². The van der Waals surface area contributed by atoms with Gasteiger partial charge in [0, 0.05) is 5.56 Å². The van der Waals surface area contributed by atoms with Crippen molar-refractivity contribution in [2.45, 2.75) is 37.1 Å². The van der Waals surface area contributed by atoms with Gasteiger partial charge in [0.1, 0.15) is 0 Å². The van der Waals surface area contributed by atoms with E-state index in [1.807, 2.05) is 12.1 Å². The number of amides is 1. The fourth-order valence-electron chi connectivity index (χ4n) is 2.70. The lowest BCUT2D eigenvalue weighted by Crippen LogP contribution is -2.30. The molecule has 0 fully saturated rings. The first-order valence-electron chi connectivity index (χ1n) is 8.80. The van der Waals surface area contributed by atoms with Crippen molar-refractivity contribution in [2.75, 3.05) is 7.05 Å². The molecule has 150 valence electrons. The van der Waals surface area contributed by atoms with Crippen molar-refractivity contribution in [1.29, 1.82) is 0 Å². The van der Waals surface area contributed by atoms with Gasteiger partial charge in [0.2, 0.25) is 10.0 Å². The van der Waals surface area contributed by atoms with E-state index in [-0.39, 0.29) is 16.9 Å². The first-order chi connectivity index (χ1) is 13.1. The van der Waals surface area contributed by atoms with Crippen LogP contribution >= 0.6 is 0 Å². The minimum atomic E-state index is -3.69. The molecule has 0 spiro atoms. The number of aliphatic carboxylic acids is 1. The summed E-state index contributed by atoms with van der Waals surface area (Å²) in [5, 5.41) is 11.9. The second-order valence-corrected chi connectivity index (χ2v) is 8.57. The molecule has 0 aromatic heterocycles. The second-order valence-electron chi connectivity index (χ2n) is 6.68. The molecule has 1 atom stereocenters. The smallest absolute Gasteiger partial charge is 0.305 e. The van der Waals surface area contributed by atoms with Crippen LogP contribution in [0, 0.1) is 0 Å². The van der Waals surface area contributed by atoms with E-state index in [9.17, 15) is 23.1 Å². The summed E-state index contributed by atoms with van der Waals surface area (Å²) in [6.45, 7) is 4.11. The van der Waals surface area contributed by atoms with Crippen LogP contribution in [0.3, 0.4) is 0 Å². The minimum Gasteiger partial charge on any atom is -0.481 e. The zero-order valence-electron chi connectivity index (χ0n) is 16.0. The standard InChI is InChI=1S/C20H24N2O5S/c1-13(2)14-7-9-15(10-8-14)18(12-19(23)24)22-20(25)16-5-4-6-17(11-16)28(26,27)21-3/h4-11,13,18,21H,12H2,1-3H3,(H,22,25)(H,23,24)/t18-/m1/s1. The van der Waals surface area contributed by atoms with E-state index < -0.39 is 27.9 Å². The number of sulfonamides is 1. The number of carbonyl (C=O) groups is 2. The van der Waals surface area contributed by atoms with Gasteiger partial charge in [-0.25, -0.2) is 13.1 Å². The van der Waals surface area contributed by atoms with Crippen molar-refractivity contribution in [2.24, 2.45) is 0 Å². The van der Waals surface area contributed by atoms with E-state index in [1.165, 1.54) is 31.3 Å². The Morgan fingerprint density at radius 1 is 1.04 bits per heavy atom. The normalized spacial score (nSPS) is 12.6. The Morgan fingerprint density at radius 3 is 2.18 bits per heavy atom. The Balaban J connectivity index is 2.28. The van der Waals surface area contributed by atoms with Crippen LogP contribution in [0.15, 0.2) is 53.4 Å². The third kappa shape index (κ3) is 5.40. The maximum Gasteiger partial charge on any atom is 0.305 e. The fraction of sp³-hybridized carbons (Fsp3) is 0.300. The van der Waals surface area contributed by atoms with Crippen molar-refractivity contribution in [3.8, 4) is 0 Å². The van der Waals surface area contributed by atoms with Gasteiger partial charge in [-0.3, -0.25) is 9.59 Å². The third-order valence-electron chi connectivity index (χ3n) is 4.36. The summed E-state index contributed by atoms with van der Waals surface area (Å²) in [5.74, 6) is -1.27. The van der Waals surface area contributed by atoms with Gasteiger partial charge in [-0.05, 0) is 42.3 Å². The highest BCUT2D eigenvalue weighted by Gasteiger charge is 2.20. The Kier molecular flexibility index (Phi) is 6.93. The Bertz CT molecular complexity index is 953. The SMILES string of the molecule is CNS(=O)(=O)c1cccc(C(=O)N[C@H](CC(=O)O)c2ccc(C(C)C)cc2)c1. The Hall–Kier alpha value is -2.71. The number of hydrogen-bond acceptors (Lipinski definition) is 4. The molecule has 0 aliphatic heterocycles. The molecule has 0 saturated carbocycles. The molecule has 8 heteroatoms. The van der Waals surface area contributed by atoms with Crippen molar-refractivity contribution >= 4 is 21.9 Å². The molecule has 0 heterocycles. The second kappa shape index (κ2) is 8.99. The highest BCUT2D eigenvalue weighted by molar-refractivity contribution is 7.89. The average Bonchev–Trinajstić information content (AvgIpc) is 2.67. The highest BCUT2D eigenvalue weighted by atomic mass is 32.2. The van der Waals surface area contributed by atoms with Crippen LogP contribution < -0.4 is 10.0 Å². The number of rotatable bonds is 8. The number of benzene rings is 2. The van der Waals surface area contributed by atoms with Crippen LogP contribution in [0.5, 0.6) is 0 Å². The van der Waals surface area contributed by atoms with Gasteiger partial charge in [-0.15, -0.1) is 0 Å². The zero-order chi connectivity index (χ0) is 20.9. The molecule has 0 unspecified atom stereocenters. The fourth-order valence-corrected chi connectivity index (χ4v) is 3.48. The Labute approximate surface area is 164 Å². The van der Waals surface area contributed by atoms with Crippen molar-refractivity contribution < 1.29 is 23.1 Å². The van der Waals surface area contributed by atoms with E-state index in [2.05, 4.69) is 23.9 Å². The summed E-state index contributed by atoms with van der Waals surface area (Å²) in [5.41, 5.74) is 1.90. The van der Waals surface area contributed by atoms with E-state index >= 15 is 0 Å². The quantitative estimate of drug-likeness (QED) is 0.626. The number of carboxylic acids is 1. The molecule has 0 aliphatic carbocycles. The molecule has 28 heavy (non-hydrogen) atoms. The van der Waals surface area contributed by atoms with Crippen LogP contribution in [0.25, 0.3) is 0 Å². The number of nitrogens with one attached hydrogen (secondary N) is 2. The van der Waals surface area contributed by atoms with Crippen LogP contribution in [0.1, 0.15) is 53.7 Å². The van der Waals surface area contributed by atoms with E-state index in [0.717, 1.165) is 5.56 Å². The molecule has 0 saturated heterocycles. The summed E-state index contributed by atoms with van der Waals surface area (Å²) >= 11 is 0. The maximum absolute atomic E-state index is 12.6. The highest BCUT2D eigenvalue weighted by Crippen LogP contribution is 2.22. The predicted molar refractivity (Wildman–Crippen MR) is 106 cm³/mol. The molecule has 7 nitrogen and oxygen atoms in total. The van der Waals surface area contributed by atoms with E-state index in [1.54, 1.807) is 12.1 Å². The largest absolute Gasteiger partial charge is 0.481 e. The summed E-state index contributed by atoms with van der Waals surface area (Å²) in [4.78, 5) is 23.9. The van der Waals surface area contributed by atoms with Gasteiger partial charge in [0.25, 0.3) is 5.91 Å². The average molecular weight is 404 g/mol.